The lowest BCUT2D eigenvalue weighted by molar-refractivity contribution is 0.344. The maximum atomic E-state index is 2.33. The highest BCUT2D eigenvalue weighted by Crippen LogP contribution is 2.44. The lowest BCUT2D eigenvalue weighted by Crippen LogP contribution is -2.28. The van der Waals surface area contributed by atoms with Gasteiger partial charge in [0.2, 0.25) is 0 Å². The van der Waals surface area contributed by atoms with E-state index in [1.54, 1.807) is 10.8 Å². The van der Waals surface area contributed by atoms with Crippen molar-refractivity contribution < 1.29 is 0 Å². The van der Waals surface area contributed by atoms with E-state index in [2.05, 4.69) is 72.6 Å². The van der Waals surface area contributed by atoms with Crippen molar-refractivity contribution in [3.05, 3.63) is 10.8 Å². The first-order chi connectivity index (χ1) is 6.28. The smallest absolute Gasteiger partial charge is 0.0429 e. The number of rotatable bonds is 0. The Bertz CT molecular complexity index is 235. The third-order valence-corrected chi connectivity index (χ3v) is 4.12. The maximum absolute atomic E-state index is 2.33. The van der Waals surface area contributed by atoms with Gasteiger partial charge in [-0.05, 0) is 16.2 Å². The maximum Gasteiger partial charge on any atom is 0.0429 e. The van der Waals surface area contributed by atoms with Crippen LogP contribution in [0.15, 0.2) is 10.8 Å². The summed E-state index contributed by atoms with van der Waals surface area (Å²) in [5.41, 5.74) is 2.43. The van der Waals surface area contributed by atoms with Crippen molar-refractivity contribution in [1.29, 1.82) is 0 Å². The molecule has 0 saturated carbocycles. The topological polar surface area (TPSA) is 0 Å². The van der Waals surface area contributed by atoms with Crippen LogP contribution in [0.4, 0.5) is 0 Å². The minimum atomic E-state index is 0.266. The molecule has 0 fully saturated rings. The van der Waals surface area contributed by atoms with Crippen LogP contribution < -0.4 is 0 Å². The fourth-order valence-electron chi connectivity index (χ4n) is 2.41. The quantitative estimate of drug-likeness (QED) is 0.546. The lowest BCUT2D eigenvalue weighted by Gasteiger charge is -2.39. The Morgan fingerprint density at radius 1 is 0.600 bits per heavy atom. The van der Waals surface area contributed by atoms with Gasteiger partial charge in [-0.1, -0.05) is 73.1 Å². The van der Waals surface area contributed by atoms with E-state index in [1.165, 1.54) is 0 Å². The highest BCUT2D eigenvalue weighted by atomic mass is 28.1. The zero-order valence-corrected chi connectivity index (χ0v) is 13.6. The summed E-state index contributed by atoms with van der Waals surface area (Å²) in [7, 11) is 2.07. The zero-order valence-electron chi connectivity index (χ0n) is 12.2. The third kappa shape index (κ3) is 4.14. The summed E-state index contributed by atoms with van der Waals surface area (Å²) in [6.45, 7) is 20.9. The van der Waals surface area contributed by atoms with Crippen LogP contribution >= 0.6 is 0 Å². The summed E-state index contributed by atoms with van der Waals surface area (Å²) in [6, 6.07) is 0. The van der Waals surface area contributed by atoms with Crippen molar-refractivity contribution in [3.63, 3.8) is 0 Å². The van der Waals surface area contributed by atoms with E-state index in [-0.39, 0.29) is 16.2 Å². The van der Waals surface area contributed by atoms with E-state index in [1.807, 2.05) is 0 Å². The van der Waals surface area contributed by atoms with Gasteiger partial charge in [0.15, 0.2) is 0 Å². The van der Waals surface area contributed by atoms with Gasteiger partial charge < -0.3 is 0 Å². The van der Waals surface area contributed by atoms with Crippen LogP contribution in [-0.4, -0.2) is 10.2 Å². The molecule has 0 aromatic heterocycles. The van der Waals surface area contributed by atoms with Crippen molar-refractivity contribution in [2.45, 2.75) is 62.3 Å². The second-order valence-electron chi connectivity index (χ2n) is 7.60. The van der Waals surface area contributed by atoms with Crippen molar-refractivity contribution in [3.8, 4) is 0 Å². The van der Waals surface area contributed by atoms with Crippen LogP contribution in [-0.2, 0) is 0 Å². The van der Waals surface area contributed by atoms with Gasteiger partial charge >= 0.3 is 0 Å². The molecule has 0 unspecified atom stereocenters. The molecule has 0 aromatic carbocycles. The van der Waals surface area contributed by atoms with Gasteiger partial charge in [0.1, 0.15) is 0 Å². The second kappa shape index (κ2) is 4.08. The van der Waals surface area contributed by atoms with E-state index in [0.29, 0.717) is 0 Å². The fourth-order valence-corrected chi connectivity index (χ4v) is 3.47. The van der Waals surface area contributed by atoms with Crippen LogP contribution in [0.25, 0.3) is 0 Å². The average Bonchev–Trinajstić information content (AvgIpc) is 1.76. The summed E-state index contributed by atoms with van der Waals surface area (Å²) in [4.78, 5) is 0. The predicted octanol–water partition coefficient (Wildman–Crippen LogP) is 4.01. The average molecular weight is 225 g/mol. The van der Waals surface area contributed by atoms with E-state index in [4.69, 9.17) is 0 Å². The first kappa shape index (κ1) is 15.0. The van der Waals surface area contributed by atoms with Crippen LogP contribution in [0.5, 0.6) is 0 Å². The van der Waals surface area contributed by atoms with Crippen molar-refractivity contribution in [2.75, 3.05) is 0 Å². The van der Waals surface area contributed by atoms with Crippen LogP contribution in [0.2, 0.25) is 0 Å². The number of hydrogen-bond donors (Lipinski definition) is 0. The molecule has 0 aliphatic carbocycles. The molecule has 0 heterocycles. The monoisotopic (exact) mass is 225 g/mol. The molecule has 0 aliphatic rings. The Labute approximate surface area is 100.0 Å². The molecule has 15 heavy (non-hydrogen) atoms. The molecule has 0 aromatic rings. The molecular weight excluding hydrogens is 196 g/mol. The molecule has 0 saturated heterocycles. The summed E-state index contributed by atoms with van der Waals surface area (Å²) < 4.78 is 0. The normalized spacial score (nSPS) is 14.0. The van der Waals surface area contributed by atoms with E-state index in [0.717, 1.165) is 0 Å². The summed E-state index contributed by atoms with van der Waals surface area (Å²) in [5, 5.41) is 1.57. The highest BCUT2D eigenvalue weighted by molar-refractivity contribution is 6.22. The fraction of sp³-hybridized carbons (Fsp3) is 0.857. The first-order valence-electron chi connectivity index (χ1n) is 5.85. The standard InChI is InChI=1S/C14H29Si/c1-12(2,3)10(13(4,5)6)11(15)14(7,8)9/h15H2,1-9H3. The van der Waals surface area contributed by atoms with Gasteiger partial charge in [-0.3, -0.25) is 0 Å². The molecule has 0 amide bonds. The summed E-state index contributed by atoms with van der Waals surface area (Å²) in [5.74, 6) is 0. The Balaban J connectivity index is 5.71. The van der Waals surface area contributed by atoms with E-state index in [9.17, 15) is 0 Å². The molecular formula is C14H29Si. The van der Waals surface area contributed by atoms with E-state index < -0.39 is 0 Å². The third-order valence-electron chi connectivity index (χ3n) is 2.71. The van der Waals surface area contributed by atoms with Gasteiger partial charge in [0.25, 0.3) is 0 Å². The molecule has 0 bridgehead atoms. The van der Waals surface area contributed by atoms with Crippen molar-refractivity contribution in [2.24, 2.45) is 16.2 Å². The first-order valence-corrected chi connectivity index (χ1v) is 6.56. The highest BCUT2D eigenvalue weighted by Gasteiger charge is 2.32. The Hall–Kier alpha value is -0.0431. The minimum Gasteiger partial charge on any atom is -0.0853 e. The minimum absolute atomic E-state index is 0.266. The van der Waals surface area contributed by atoms with Crippen LogP contribution in [0, 0.1) is 16.2 Å². The second-order valence-corrected chi connectivity index (χ2v) is 8.31. The molecule has 1 radical (unpaired) electrons. The largest absolute Gasteiger partial charge is 0.0853 e. The number of hydrogen-bond acceptors (Lipinski definition) is 0. The van der Waals surface area contributed by atoms with Gasteiger partial charge in [0, 0.05) is 10.2 Å². The predicted molar refractivity (Wildman–Crippen MR) is 73.9 cm³/mol. The molecule has 0 atom stereocenters. The molecule has 0 rings (SSSR count). The van der Waals surface area contributed by atoms with Gasteiger partial charge in [-0.2, -0.15) is 0 Å². The van der Waals surface area contributed by atoms with Crippen molar-refractivity contribution in [1.82, 2.24) is 0 Å². The SMILES string of the molecule is CC(C)(C)C([SiH2])=C(C(C)(C)C)C(C)(C)C. The molecule has 0 spiro atoms. The lowest BCUT2D eigenvalue weighted by atomic mass is 9.69. The molecule has 1 heteroatoms. The molecule has 0 aliphatic heterocycles. The molecule has 89 valence electrons. The molecule has 0 nitrogen and oxygen atoms in total. The van der Waals surface area contributed by atoms with Gasteiger partial charge in [-0.25, -0.2) is 0 Å². The van der Waals surface area contributed by atoms with Gasteiger partial charge in [0.05, 0.1) is 0 Å². The summed E-state index contributed by atoms with van der Waals surface area (Å²) in [6.07, 6.45) is 0. The Kier molecular flexibility index (Phi) is 4.07. The van der Waals surface area contributed by atoms with Gasteiger partial charge in [-0.15, -0.1) is 0 Å². The van der Waals surface area contributed by atoms with Crippen LogP contribution in [0.3, 0.4) is 0 Å². The Morgan fingerprint density at radius 2 is 0.867 bits per heavy atom. The van der Waals surface area contributed by atoms with Crippen LogP contribution in [0.1, 0.15) is 62.3 Å². The summed E-state index contributed by atoms with van der Waals surface area (Å²) >= 11 is 0. The Morgan fingerprint density at radius 3 is 0.933 bits per heavy atom. The zero-order chi connectivity index (χ0) is 12.7. The van der Waals surface area contributed by atoms with Crippen molar-refractivity contribution >= 4 is 10.2 Å². The number of allylic oxidation sites excluding steroid dienone is 2. The molecule has 0 N–H and O–H groups in total. The van der Waals surface area contributed by atoms with E-state index >= 15 is 0 Å².